The minimum absolute atomic E-state index is 0.284. The average Bonchev–Trinajstić information content (AvgIpc) is 4.06. The van der Waals surface area contributed by atoms with Crippen LogP contribution in [0.3, 0.4) is 0 Å². The van der Waals surface area contributed by atoms with E-state index in [0.717, 1.165) is 44.5 Å². The molecule has 0 saturated carbocycles. The van der Waals surface area contributed by atoms with E-state index < -0.39 is 73.2 Å². The summed E-state index contributed by atoms with van der Waals surface area (Å²) in [6.07, 6.45) is 1.77. The monoisotopic (exact) mass is 1140 g/mol. The fourth-order valence-electron chi connectivity index (χ4n) is 11.0. The highest BCUT2D eigenvalue weighted by atomic mass is 16.6. The third-order valence-electron chi connectivity index (χ3n) is 15.5. The molecule has 3 aliphatic rings. The van der Waals surface area contributed by atoms with Crippen molar-refractivity contribution >= 4 is 0 Å². The molecule has 0 bridgehead atoms. The van der Waals surface area contributed by atoms with Crippen molar-refractivity contribution in [1.82, 2.24) is 0 Å². The molecule has 3 saturated heterocycles. The van der Waals surface area contributed by atoms with Crippen molar-refractivity contribution in [2.75, 3.05) is 13.2 Å². The normalized spacial score (nSPS) is 24.8. The molecule has 0 amide bonds. The molecular formula is C74H76O11. The number of ether oxygens (including phenoxy) is 11. The van der Waals surface area contributed by atoms with Crippen LogP contribution in [0.1, 0.15) is 44.5 Å². The summed E-state index contributed by atoms with van der Waals surface area (Å²) >= 11 is 0. The highest BCUT2D eigenvalue weighted by Gasteiger charge is 2.49. The van der Waals surface area contributed by atoms with Crippen molar-refractivity contribution in [2.24, 2.45) is 0 Å². The Morgan fingerprint density at radius 2 is 0.412 bits per heavy atom. The molecule has 0 radical (unpaired) electrons. The summed E-state index contributed by atoms with van der Waals surface area (Å²) in [6.45, 7) is 3.50. The van der Waals surface area contributed by atoms with Gasteiger partial charge in [0.1, 0.15) is 73.2 Å². The molecule has 8 aromatic rings. The molecule has 438 valence electrons. The maximum atomic E-state index is 7.23. The molecule has 0 aromatic heterocycles. The van der Waals surface area contributed by atoms with Gasteiger partial charge in [-0.2, -0.15) is 0 Å². The van der Waals surface area contributed by atoms with Crippen LogP contribution < -0.4 is 0 Å². The van der Waals surface area contributed by atoms with E-state index in [1.165, 1.54) is 0 Å². The van der Waals surface area contributed by atoms with E-state index in [2.05, 4.69) is 121 Å². The standard InChI is InChI=1S/C74H76O11/c1-9-25-55(26-10-1)45-75-53-67-73(81-51-61-37-21-7-22-38-61)71(79-49-59-33-17-5-18-34-59)65(84-67)43-41-63-69(77-47-57-29-13-3-14-30-57)70(78-48-58-31-15-4-16-32-58)64(83-63)42-44-66-72(80-50-60-35-19-6-20-36-60)74(82-52-62-39-23-8-24-40-62)68(85-66)54-76-46-56-27-11-2-12-28-56/h1-44,63-74H,45-54H2/b43-41-,44-42+/t63-,64-,65-,66-,67-,68-,69-,70-,71-,72-,73-,74-/m1/s1. The molecule has 0 unspecified atom stereocenters. The second kappa shape index (κ2) is 31.8. The van der Waals surface area contributed by atoms with Crippen LogP contribution in [-0.4, -0.2) is 86.5 Å². The largest absolute Gasteiger partial charge is 0.374 e. The molecule has 3 fully saturated rings. The molecule has 11 rings (SSSR count). The first-order valence-electron chi connectivity index (χ1n) is 29.6. The van der Waals surface area contributed by atoms with Gasteiger partial charge >= 0.3 is 0 Å². The third-order valence-corrected chi connectivity index (χ3v) is 15.5. The zero-order valence-corrected chi connectivity index (χ0v) is 47.9. The van der Waals surface area contributed by atoms with Crippen LogP contribution in [0.4, 0.5) is 0 Å². The van der Waals surface area contributed by atoms with Crippen LogP contribution in [0.25, 0.3) is 0 Å². The average molecular weight is 1140 g/mol. The van der Waals surface area contributed by atoms with Gasteiger partial charge in [-0.3, -0.25) is 0 Å². The van der Waals surface area contributed by atoms with Gasteiger partial charge in [0.2, 0.25) is 0 Å². The lowest BCUT2D eigenvalue weighted by Gasteiger charge is -2.25. The lowest BCUT2D eigenvalue weighted by Crippen LogP contribution is -2.39. The van der Waals surface area contributed by atoms with Crippen molar-refractivity contribution in [3.05, 3.63) is 311 Å². The number of rotatable bonds is 30. The summed E-state index contributed by atoms with van der Waals surface area (Å²) in [5.74, 6) is 0. The van der Waals surface area contributed by atoms with Crippen LogP contribution >= 0.6 is 0 Å². The predicted octanol–water partition coefficient (Wildman–Crippen LogP) is 13.3. The van der Waals surface area contributed by atoms with E-state index in [1.54, 1.807) is 0 Å². The minimum atomic E-state index is -0.606. The highest BCUT2D eigenvalue weighted by Crippen LogP contribution is 2.36. The first-order valence-corrected chi connectivity index (χ1v) is 29.6. The lowest BCUT2D eigenvalue weighted by molar-refractivity contribution is -0.0896. The van der Waals surface area contributed by atoms with Gasteiger partial charge in [-0.15, -0.1) is 0 Å². The Bertz CT molecular complexity index is 2960. The van der Waals surface area contributed by atoms with Crippen molar-refractivity contribution in [2.45, 2.75) is 126 Å². The van der Waals surface area contributed by atoms with Crippen LogP contribution in [0, 0.1) is 0 Å². The second-order valence-corrected chi connectivity index (χ2v) is 21.7. The van der Waals surface area contributed by atoms with Crippen LogP contribution in [0.5, 0.6) is 0 Å². The zero-order chi connectivity index (χ0) is 57.5. The smallest absolute Gasteiger partial charge is 0.117 e. The van der Waals surface area contributed by atoms with E-state index in [4.69, 9.17) is 52.1 Å². The van der Waals surface area contributed by atoms with Gasteiger partial charge in [-0.1, -0.05) is 267 Å². The molecule has 0 aliphatic carbocycles. The van der Waals surface area contributed by atoms with E-state index in [9.17, 15) is 0 Å². The van der Waals surface area contributed by atoms with E-state index >= 15 is 0 Å². The van der Waals surface area contributed by atoms with Gasteiger partial charge in [0.15, 0.2) is 0 Å². The molecular weight excluding hydrogens is 1060 g/mol. The van der Waals surface area contributed by atoms with Crippen LogP contribution in [0.2, 0.25) is 0 Å². The molecule has 3 aliphatic heterocycles. The zero-order valence-electron chi connectivity index (χ0n) is 47.9. The molecule has 11 nitrogen and oxygen atoms in total. The maximum Gasteiger partial charge on any atom is 0.117 e. The molecule has 11 heteroatoms. The number of benzene rings is 8. The Morgan fingerprint density at radius 3 is 0.647 bits per heavy atom. The van der Waals surface area contributed by atoms with Gasteiger partial charge in [-0.25, -0.2) is 0 Å². The Morgan fingerprint density at radius 1 is 0.224 bits per heavy atom. The summed E-state index contributed by atoms with van der Waals surface area (Å²) in [4.78, 5) is 0. The summed E-state index contributed by atoms with van der Waals surface area (Å²) in [6, 6.07) is 81.4. The third kappa shape index (κ3) is 17.5. The van der Waals surface area contributed by atoms with E-state index in [0.29, 0.717) is 52.9 Å². The maximum absolute atomic E-state index is 7.23. The fraction of sp³-hybridized carbons (Fsp3) is 0.297. The van der Waals surface area contributed by atoms with Gasteiger partial charge in [-0.05, 0) is 44.5 Å². The fourth-order valence-corrected chi connectivity index (χ4v) is 11.0. The van der Waals surface area contributed by atoms with Crippen molar-refractivity contribution in [3.8, 4) is 0 Å². The Balaban J connectivity index is 0.909. The summed E-state index contributed by atoms with van der Waals surface area (Å²) in [7, 11) is 0. The Kier molecular flexibility index (Phi) is 22.3. The molecule has 85 heavy (non-hydrogen) atoms. The van der Waals surface area contributed by atoms with E-state index in [1.807, 2.05) is 146 Å². The number of hydrogen-bond donors (Lipinski definition) is 0. The van der Waals surface area contributed by atoms with Crippen molar-refractivity contribution < 1.29 is 52.1 Å². The topological polar surface area (TPSA) is 102 Å². The molecule has 12 atom stereocenters. The minimum Gasteiger partial charge on any atom is -0.374 e. The highest BCUT2D eigenvalue weighted by molar-refractivity contribution is 5.22. The summed E-state index contributed by atoms with van der Waals surface area (Å²) < 4.78 is 75.8. The molecule has 0 N–H and O–H groups in total. The molecule has 3 heterocycles. The molecule has 8 aromatic carbocycles. The first-order chi connectivity index (χ1) is 42.1. The summed E-state index contributed by atoms with van der Waals surface area (Å²) in [5.41, 5.74) is 8.36. The van der Waals surface area contributed by atoms with Crippen molar-refractivity contribution in [3.63, 3.8) is 0 Å². The SMILES string of the molecule is C(=C/[C@H]1O[C@H](COCc2ccccc2)[C@@H](OCc2ccccc2)[C@@H]1OCc1ccccc1)/[C@H]1O[C@H](/C=C/[C@H]2O[C@H](COCc3ccccc3)[C@@H](OCc3ccccc3)[C@@H]2OCc2ccccc2)[C@@H](OCc2ccccc2)[C@@H]1OCc1ccccc1. The van der Waals surface area contributed by atoms with Crippen LogP contribution in [0.15, 0.2) is 267 Å². The predicted molar refractivity (Wildman–Crippen MR) is 327 cm³/mol. The first kappa shape index (κ1) is 59.5. The van der Waals surface area contributed by atoms with Gasteiger partial charge in [0.25, 0.3) is 0 Å². The quantitative estimate of drug-likeness (QED) is 0.0402. The Labute approximate surface area is 500 Å². The van der Waals surface area contributed by atoms with Crippen LogP contribution in [-0.2, 0) is 105 Å². The Hall–Kier alpha value is -7.20. The second-order valence-electron chi connectivity index (χ2n) is 21.7. The summed E-state index contributed by atoms with van der Waals surface area (Å²) in [5, 5.41) is 0. The lowest BCUT2D eigenvalue weighted by atomic mass is 10.0. The van der Waals surface area contributed by atoms with Gasteiger partial charge < -0.3 is 52.1 Å². The van der Waals surface area contributed by atoms with Gasteiger partial charge in [0, 0.05) is 0 Å². The van der Waals surface area contributed by atoms with E-state index in [-0.39, 0.29) is 13.2 Å². The van der Waals surface area contributed by atoms with Crippen molar-refractivity contribution in [1.29, 1.82) is 0 Å². The number of hydrogen-bond acceptors (Lipinski definition) is 11. The van der Waals surface area contributed by atoms with Gasteiger partial charge in [0.05, 0.1) is 66.1 Å². The molecule has 0 spiro atoms.